The number of Topliss-reactive ketones (excluding diaryl/α,β-unsaturated/α-hetero) is 1. The Balaban J connectivity index is 1.33. The third-order valence-corrected chi connectivity index (χ3v) is 5.30. The number of carbonyl (C=O) groups is 1. The minimum Gasteiger partial charge on any atom is -0.494 e. The summed E-state index contributed by atoms with van der Waals surface area (Å²) in [5.74, 6) is 2.35. The average molecular weight is 393 g/mol. The summed E-state index contributed by atoms with van der Waals surface area (Å²) in [6.45, 7) is 4.73. The number of nitrogens with one attached hydrogen (secondary N) is 2. The number of carbonyl (C=O) groups excluding carboxylic acids is 1. The molecule has 2 N–H and O–H groups in total. The smallest absolute Gasteiger partial charge is 0.152 e. The number of hydrogen-bond donors (Lipinski definition) is 2. The van der Waals surface area contributed by atoms with Crippen LogP contribution < -0.4 is 15.0 Å². The largest absolute Gasteiger partial charge is 0.494 e. The van der Waals surface area contributed by atoms with Crippen molar-refractivity contribution >= 4 is 28.3 Å². The molecule has 7 nitrogen and oxygen atoms in total. The number of nitrogens with zero attached hydrogens (tertiary/aromatic N) is 3. The molecule has 3 heterocycles. The van der Waals surface area contributed by atoms with E-state index in [1.54, 1.807) is 6.33 Å². The summed E-state index contributed by atoms with van der Waals surface area (Å²) in [4.78, 5) is 26.8. The molecule has 152 valence electrons. The highest BCUT2D eigenvalue weighted by molar-refractivity contribution is 5.87. The van der Waals surface area contributed by atoms with Crippen LogP contribution in [0.3, 0.4) is 0 Å². The Kier molecular flexibility index (Phi) is 5.93. The molecule has 1 aliphatic rings. The summed E-state index contributed by atoms with van der Waals surface area (Å²) in [5, 5.41) is 4.27. The van der Waals surface area contributed by atoms with Crippen molar-refractivity contribution in [3.05, 3.63) is 42.9 Å². The van der Waals surface area contributed by atoms with Gasteiger partial charge in [0.25, 0.3) is 0 Å². The first-order valence-electron chi connectivity index (χ1n) is 10.2. The molecule has 0 radical (unpaired) electrons. The molecular weight excluding hydrogens is 366 g/mol. The number of ether oxygens (including phenoxy) is 1. The average Bonchev–Trinajstić information content (AvgIpc) is 3.22. The Hall–Kier alpha value is -3.09. The Morgan fingerprint density at radius 1 is 1.34 bits per heavy atom. The van der Waals surface area contributed by atoms with E-state index >= 15 is 0 Å². The van der Waals surface area contributed by atoms with Crippen LogP contribution in [0.5, 0.6) is 5.75 Å². The highest BCUT2D eigenvalue weighted by Gasteiger charge is 2.24. The lowest BCUT2D eigenvalue weighted by Crippen LogP contribution is -2.37. The fraction of sp³-hybridized carbons (Fsp3) is 0.409. The predicted molar refractivity (Wildman–Crippen MR) is 115 cm³/mol. The van der Waals surface area contributed by atoms with Crippen molar-refractivity contribution in [1.82, 2.24) is 15.0 Å². The van der Waals surface area contributed by atoms with Gasteiger partial charge in [0.15, 0.2) is 5.78 Å². The monoisotopic (exact) mass is 393 g/mol. The standard InChI is InChI=1S/C22H27N5O2/c1-2-29-19-7-3-6-17(12-19)24-13-18(28)11-16-5-4-10-27(14-16)22-20-8-9-23-21(20)25-15-26-22/h3,6-9,12,15-16,24H,2,4-5,10-11,13-14H2,1H3,(H,23,25,26)/t16-/m0/s1. The van der Waals surface area contributed by atoms with Crippen LogP contribution >= 0.6 is 0 Å². The van der Waals surface area contributed by atoms with E-state index < -0.39 is 0 Å². The molecule has 1 atom stereocenters. The molecule has 1 fully saturated rings. The molecule has 0 aliphatic carbocycles. The first-order chi connectivity index (χ1) is 14.2. The van der Waals surface area contributed by atoms with Gasteiger partial charge in [0.05, 0.1) is 18.5 Å². The summed E-state index contributed by atoms with van der Waals surface area (Å²) in [6, 6.07) is 9.74. The van der Waals surface area contributed by atoms with Crippen LogP contribution in [-0.4, -0.2) is 47.0 Å². The fourth-order valence-corrected chi connectivity index (χ4v) is 3.99. The van der Waals surface area contributed by atoms with Gasteiger partial charge in [-0.1, -0.05) is 6.07 Å². The second-order valence-corrected chi connectivity index (χ2v) is 7.45. The first-order valence-corrected chi connectivity index (χ1v) is 10.2. The second-order valence-electron chi connectivity index (χ2n) is 7.45. The lowest BCUT2D eigenvalue weighted by atomic mass is 9.92. The molecule has 0 amide bonds. The molecule has 0 unspecified atom stereocenters. The number of hydrogen-bond acceptors (Lipinski definition) is 6. The molecular formula is C22H27N5O2. The summed E-state index contributed by atoms with van der Waals surface area (Å²) >= 11 is 0. The van der Waals surface area contributed by atoms with Crippen molar-refractivity contribution in [1.29, 1.82) is 0 Å². The van der Waals surface area contributed by atoms with E-state index in [0.29, 0.717) is 25.5 Å². The topological polar surface area (TPSA) is 83.1 Å². The molecule has 0 bridgehead atoms. The van der Waals surface area contributed by atoms with Gasteiger partial charge in [-0.3, -0.25) is 4.79 Å². The number of piperidine rings is 1. The van der Waals surface area contributed by atoms with E-state index in [0.717, 1.165) is 54.2 Å². The normalized spacial score (nSPS) is 16.7. The summed E-state index contributed by atoms with van der Waals surface area (Å²) < 4.78 is 5.51. The maximum atomic E-state index is 12.6. The van der Waals surface area contributed by atoms with Crippen molar-refractivity contribution in [3.8, 4) is 5.75 Å². The third kappa shape index (κ3) is 4.67. The number of ketones is 1. The molecule has 3 aromatic rings. The van der Waals surface area contributed by atoms with Gasteiger partial charge in [0.2, 0.25) is 0 Å². The van der Waals surface area contributed by atoms with Crippen LogP contribution in [0, 0.1) is 5.92 Å². The zero-order valence-corrected chi connectivity index (χ0v) is 16.7. The van der Waals surface area contributed by atoms with E-state index in [4.69, 9.17) is 4.74 Å². The number of rotatable bonds is 8. The molecule has 29 heavy (non-hydrogen) atoms. The molecule has 1 aromatic carbocycles. The van der Waals surface area contributed by atoms with Gasteiger partial charge in [0, 0.05) is 37.5 Å². The van der Waals surface area contributed by atoms with Gasteiger partial charge in [-0.25, -0.2) is 9.97 Å². The summed E-state index contributed by atoms with van der Waals surface area (Å²) in [7, 11) is 0. The molecule has 4 rings (SSSR count). The van der Waals surface area contributed by atoms with E-state index in [-0.39, 0.29) is 5.78 Å². The summed E-state index contributed by atoms with van der Waals surface area (Å²) in [5.41, 5.74) is 1.76. The van der Waals surface area contributed by atoms with Crippen LogP contribution in [0.15, 0.2) is 42.9 Å². The number of H-pyrrole nitrogens is 1. The van der Waals surface area contributed by atoms with Crippen molar-refractivity contribution < 1.29 is 9.53 Å². The Morgan fingerprint density at radius 2 is 2.28 bits per heavy atom. The van der Waals surface area contributed by atoms with E-state index in [1.807, 2.05) is 43.5 Å². The van der Waals surface area contributed by atoms with Gasteiger partial charge in [-0.2, -0.15) is 0 Å². The van der Waals surface area contributed by atoms with Gasteiger partial charge < -0.3 is 19.9 Å². The van der Waals surface area contributed by atoms with E-state index in [2.05, 4.69) is 25.2 Å². The second kappa shape index (κ2) is 8.94. The minimum absolute atomic E-state index is 0.230. The number of fused-ring (bicyclic) bond motifs is 1. The predicted octanol–water partition coefficient (Wildman–Crippen LogP) is 3.64. The highest BCUT2D eigenvalue weighted by atomic mass is 16.5. The number of anilines is 2. The minimum atomic E-state index is 0.230. The molecule has 7 heteroatoms. The number of aromatic nitrogens is 3. The maximum absolute atomic E-state index is 12.6. The van der Waals surface area contributed by atoms with Crippen molar-refractivity contribution in [2.24, 2.45) is 5.92 Å². The van der Waals surface area contributed by atoms with Gasteiger partial charge >= 0.3 is 0 Å². The molecule has 0 spiro atoms. The Bertz CT molecular complexity index is 971. The van der Waals surface area contributed by atoms with Gasteiger partial charge in [-0.05, 0) is 43.9 Å². The lowest BCUT2D eigenvalue weighted by Gasteiger charge is -2.33. The fourth-order valence-electron chi connectivity index (χ4n) is 3.99. The van der Waals surface area contributed by atoms with E-state index in [9.17, 15) is 4.79 Å². The quantitative estimate of drug-likeness (QED) is 0.608. The molecule has 2 aromatic heterocycles. The van der Waals surface area contributed by atoms with Crippen LogP contribution in [0.4, 0.5) is 11.5 Å². The van der Waals surface area contributed by atoms with Gasteiger partial charge in [-0.15, -0.1) is 0 Å². The van der Waals surface area contributed by atoms with Crippen molar-refractivity contribution in [2.75, 3.05) is 36.5 Å². The molecule has 1 saturated heterocycles. The zero-order valence-electron chi connectivity index (χ0n) is 16.7. The van der Waals surface area contributed by atoms with Crippen molar-refractivity contribution in [2.45, 2.75) is 26.2 Å². The molecule has 1 aliphatic heterocycles. The zero-order chi connectivity index (χ0) is 20.1. The maximum Gasteiger partial charge on any atom is 0.152 e. The van der Waals surface area contributed by atoms with Crippen LogP contribution in [-0.2, 0) is 4.79 Å². The lowest BCUT2D eigenvalue weighted by molar-refractivity contribution is -0.118. The van der Waals surface area contributed by atoms with Crippen LogP contribution in [0.2, 0.25) is 0 Å². The van der Waals surface area contributed by atoms with Crippen LogP contribution in [0.25, 0.3) is 11.0 Å². The number of benzene rings is 1. The van der Waals surface area contributed by atoms with Gasteiger partial charge in [0.1, 0.15) is 23.5 Å². The highest BCUT2D eigenvalue weighted by Crippen LogP contribution is 2.28. The van der Waals surface area contributed by atoms with E-state index in [1.165, 1.54) is 0 Å². The Labute approximate surface area is 170 Å². The first kappa shape index (κ1) is 19.2. The van der Waals surface area contributed by atoms with Crippen molar-refractivity contribution in [3.63, 3.8) is 0 Å². The van der Waals surface area contributed by atoms with Crippen LogP contribution in [0.1, 0.15) is 26.2 Å². The SMILES string of the molecule is CCOc1cccc(NCC(=O)C[C@@H]2CCCN(c3ncnc4[nH]ccc34)C2)c1. The Morgan fingerprint density at radius 3 is 3.17 bits per heavy atom. The third-order valence-electron chi connectivity index (χ3n) is 5.30. The number of aromatic amines is 1. The molecule has 0 saturated carbocycles. The summed E-state index contributed by atoms with van der Waals surface area (Å²) in [6.07, 6.45) is 6.21.